The van der Waals surface area contributed by atoms with Crippen LogP contribution in [-0.4, -0.2) is 100 Å². The molecule has 2 amide bonds. The Labute approximate surface area is 295 Å². The fraction of sp³-hybridized carbons (Fsp3) is 0.541. The van der Waals surface area contributed by atoms with Gasteiger partial charge in [-0.15, -0.1) is 6.58 Å². The first kappa shape index (κ1) is 41.8. The molecule has 2 rings (SSSR count). The number of nitrogens with zero attached hydrogens (tertiary/aromatic N) is 1. The number of ether oxygens (including phenoxy) is 4. The first-order valence-electron chi connectivity index (χ1n) is 16.7. The number of methoxy groups -OCH3 is 2. The Balaban J connectivity index is 2.71. The van der Waals surface area contributed by atoms with Crippen molar-refractivity contribution in [3.05, 3.63) is 71.1 Å². The van der Waals surface area contributed by atoms with Gasteiger partial charge in [0.15, 0.2) is 6.10 Å². The Morgan fingerprint density at radius 3 is 2.42 bits per heavy atom. The van der Waals surface area contributed by atoms with E-state index in [2.05, 4.69) is 17.2 Å². The normalized spacial score (nSPS) is 28.4. The molecule has 1 heterocycles. The first-order valence-corrected chi connectivity index (χ1v) is 16.7. The van der Waals surface area contributed by atoms with E-state index in [0.717, 1.165) is 6.08 Å². The van der Waals surface area contributed by atoms with Crippen LogP contribution in [0, 0.1) is 11.8 Å². The Hall–Kier alpha value is -4.33. The number of Topliss-reactive ketones (excluding diaryl/α,β-unsaturated/α-hetero) is 1. The van der Waals surface area contributed by atoms with Crippen LogP contribution in [0.4, 0.5) is 4.79 Å². The second-order valence-corrected chi connectivity index (χ2v) is 13.0. The van der Waals surface area contributed by atoms with Crippen molar-refractivity contribution in [1.29, 1.82) is 0 Å². The minimum Gasteiger partial charge on any atom is -0.459 e. The summed E-state index contributed by atoms with van der Waals surface area (Å²) in [5, 5.41) is 5.58. The van der Waals surface area contributed by atoms with E-state index in [9.17, 15) is 24.0 Å². The highest BCUT2D eigenvalue weighted by Crippen LogP contribution is 2.30. The van der Waals surface area contributed by atoms with Gasteiger partial charge in [-0.1, -0.05) is 44.2 Å². The molecule has 13 heteroatoms. The van der Waals surface area contributed by atoms with Gasteiger partial charge in [0.05, 0.1) is 17.5 Å². The number of carbonyl (C=O) groups excluding carboxylic acids is 5. The van der Waals surface area contributed by atoms with E-state index in [4.69, 9.17) is 24.7 Å². The van der Waals surface area contributed by atoms with E-state index in [1.807, 2.05) is 38.9 Å². The molecule has 0 aromatic heterocycles. The molecular formula is C37H54N4O9. The van der Waals surface area contributed by atoms with Crippen molar-refractivity contribution in [2.24, 2.45) is 17.6 Å². The molecule has 0 saturated heterocycles. The number of hydrogen-bond donors (Lipinski definition) is 3. The lowest BCUT2D eigenvalue weighted by Gasteiger charge is -2.32. The largest absolute Gasteiger partial charge is 0.459 e. The maximum atomic E-state index is 13.8. The van der Waals surface area contributed by atoms with Gasteiger partial charge in [0, 0.05) is 50.3 Å². The van der Waals surface area contributed by atoms with E-state index < -0.39 is 59.9 Å². The molecule has 0 aromatic rings. The van der Waals surface area contributed by atoms with Crippen LogP contribution in [0.25, 0.3) is 0 Å². The van der Waals surface area contributed by atoms with E-state index in [-0.39, 0.29) is 47.8 Å². The van der Waals surface area contributed by atoms with Crippen LogP contribution in [0.2, 0.25) is 0 Å². The van der Waals surface area contributed by atoms with Crippen LogP contribution in [0.5, 0.6) is 0 Å². The fourth-order valence-corrected chi connectivity index (χ4v) is 5.87. The standard InChI is InChI=1S/C37H54N4O9/c1-10-16-39-32-26-18-22(2)19-30(48-9)35(49-31(43)15-12-17-41(6)7)25(5)20-24(4)34(50-37(38)46)29(47-8)14-11-13-23(3)36(45)40-27(33(26)44)21-28(32)42/h10-11,13-14,20-22,25,29-30,34-35,39H,1,12,15-19H2,2-9H3,(H2,38,46)(H,40,45)/b14-11-,23-13+,24-20+/t22-,25-,29-,30-,34-,35?/m1/s1. The molecule has 0 aromatic carbocycles. The smallest absolute Gasteiger partial charge is 0.405 e. The Morgan fingerprint density at radius 2 is 1.82 bits per heavy atom. The number of primary amides is 1. The maximum absolute atomic E-state index is 13.8. The minimum absolute atomic E-state index is 0.136. The molecule has 1 unspecified atom stereocenters. The lowest BCUT2D eigenvalue weighted by molar-refractivity contribution is -0.160. The highest BCUT2D eigenvalue weighted by molar-refractivity contribution is 6.23. The number of carbonyl (C=O) groups is 5. The van der Waals surface area contributed by atoms with Crippen molar-refractivity contribution in [3.8, 4) is 0 Å². The van der Waals surface area contributed by atoms with Gasteiger partial charge in [-0.2, -0.15) is 0 Å². The summed E-state index contributed by atoms with van der Waals surface area (Å²) < 4.78 is 23.2. The minimum atomic E-state index is -1.02. The van der Waals surface area contributed by atoms with Gasteiger partial charge in [0.25, 0.3) is 5.91 Å². The van der Waals surface area contributed by atoms with Crippen molar-refractivity contribution in [2.75, 3.05) is 41.4 Å². The van der Waals surface area contributed by atoms with Crippen molar-refractivity contribution in [1.82, 2.24) is 15.5 Å². The predicted molar refractivity (Wildman–Crippen MR) is 189 cm³/mol. The van der Waals surface area contributed by atoms with Gasteiger partial charge in [-0.3, -0.25) is 19.2 Å². The molecule has 6 atom stereocenters. The third-order valence-corrected chi connectivity index (χ3v) is 8.44. The van der Waals surface area contributed by atoms with Crippen molar-refractivity contribution in [3.63, 3.8) is 0 Å². The van der Waals surface area contributed by atoms with Gasteiger partial charge >= 0.3 is 12.1 Å². The summed E-state index contributed by atoms with van der Waals surface area (Å²) in [6, 6.07) is 0. The van der Waals surface area contributed by atoms with Gasteiger partial charge in [-0.05, 0) is 65.2 Å². The Kier molecular flexibility index (Phi) is 17.0. The number of nitrogens with two attached hydrogens (primary N) is 1. The van der Waals surface area contributed by atoms with E-state index in [1.54, 1.807) is 32.1 Å². The second-order valence-electron chi connectivity index (χ2n) is 13.0. The number of hydrogen-bond acceptors (Lipinski definition) is 11. The average Bonchev–Trinajstić information content (AvgIpc) is 3.04. The summed E-state index contributed by atoms with van der Waals surface area (Å²) in [5.41, 5.74) is 6.46. The molecule has 2 aliphatic rings. The summed E-state index contributed by atoms with van der Waals surface area (Å²) in [6.45, 7) is 11.7. The molecule has 50 heavy (non-hydrogen) atoms. The SMILES string of the molecule is C=CCNC1=C2C[C@@H](C)C[C@@H](OC)C(OC(=O)CCCN(C)C)[C@H](C)/C=C(\C)[C@@H](OC(N)=O)[C@H](OC)/C=C\C=C(/C)C(=O)NC(=CC1=O)C2=O. The van der Waals surface area contributed by atoms with Crippen molar-refractivity contribution < 1.29 is 42.9 Å². The quantitative estimate of drug-likeness (QED) is 0.164. The molecule has 0 spiro atoms. The monoisotopic (exact) mass is 698 g/mol. The fourth-order valence-electron chi connectivity index (χ4n) is 5.87. The molecule has 4 N–H and O–H groups in total. The third-order valence-electron chi connectivity index (χ3n) is 8.44. The highest BCUT2D eigenvalue weighted by atomic mass is 16.6. The second kappa shape index (κ2) is 20.4. The highest BCUT2D eigenvalue weighted by Gasteiger charge is 2.35. The van der Waals surface area contributed by atoms with Crippen LogP contribution >= 0.6 is 0 Å². The zero-order chi connectivity index (χ0) is 37.5. The molecular weight excluding hydrogens is 644 g/mol. The average molecular weight is 699 g/mol. The number of amides is 2. The Morgan fingerprint density at radius 1 is 1.12 bits per heavy atom. The lowest BCUT2D eigenvalue weighted by atomic mass is 9.85. The number of rotatable bonds is 11. The molecule has 0 fully saturated rings. The molecule has 0 saturated carbocycles. The molecule has 1 aliphatic heterocycles. The summed E-state index contributed by atoms with van der Waals surface area (Å²) >= 11 is 0. The summed E-state index contributed by atoms with van der Waals surface area (Å²) in [6.07, 6.45) is 6.21. The van der Waals surface area contributed by atoms with Gasteiger partial charge in [0.2, 0.25) is 11.6 Å². The molecule has 2 bridgehead atoms. The van der Waals surface area contributed by atoms with E-state index in [0.29, 0.717) is 25.0 Å². The van der Waals surface area contributed by atoms with Crippen LogP contribution < -0.4 is 16.4 Å². The number of ketones is 2. The number of nitrogens with one attached hydrogen (secondary N) is 2. The third kappa shape index (κ3) is 12.5. The molecule has 276 valence electrons. The van der Waals surface area contributed by atoms with Crippen LogP contribution in [-0.2, 0) is 38.1 Å². The zero-order valence-corrected chi connectivity index (χ0v) is 30.6. The summed E-state index contributed by atoms with van der Waals surface area (Å²) in [7, 11) is 6.80. The first-order chi connectivity index (χ1) is 23.6. The lowest BCUT2D eigenvalue weighted by Crippen LogP contribution is -2.40. The maximum Gasteiger partial charge on any atom is 0.405 e. The number of allylic oxidation sites excluding steroid dienone is 4. The van der Waals surface area contributed by atoms with Crippen molar-refractivity contribution >= 4 is 29.5 Å². The molecule has 0 radical (unpaired) electrons. The van der Waals surface area contributed by atoms with Crippen LogP contribution in [0.3, 0.4) is 0 Å². The topological polar surface area (TPSA) is 176 Å². The number of esters is 1. The van der Waals surface area contributed by atoms with Gasteiger partial charge in [-0.25, -0.2) is 4.79 Å². The van der Waals surface area contributed by atoms with Crippen LogP contribution in [0.1, 0.15) is 53.4 Å². The Bertz CT molecular complexity index is 1430. The zero-order valence-electron chi connectivity index (χ0n) is 30.6. The van der Waals surface area contributed by atoms with Gasteiger partial charge < -0.3 is 40.2 Å². The molecule has 1 aliphatic carbocycles. The van der Waals surface area contributed by atoms with E-state index >= 15 is 0 Å². The summed E-state index contributed by atoms with van der Waals surface area (Å²) in [5.74, 6) is -2.65. The number of fused-ring (bicyclic) bond motifs is 2. The van der Waals surface area contributed by atoms with E-state index in [1.165, 1.54) is 20.3 Å². The van der Waals surface area contributed by atoms with Gasteiger partial charge in [0.1, 0.15) is 12.2 Å². The van der Waals surface area contributed by atoms with Crippen molar-refractivity contribution in [2.45, 2.75) is 77.8 Å². The summed E-state index contributed by atoms with van der Waals surface area (Å²) in [4.78, 5) is 67.4. The predicted octanol–water partition coefficient (Wildman–Crippen LogP) is 3.43. The molecule has 13 nitrogen and oxygen atoms in total. The van der Waals surface area contributed by atoms with Crippen LogP contribution in [0.15, 0.2) is 71.1 Å².